The number of halogens is 1. The Balaban J connectivity index is 1.47. The van der Waals surface area contributed by atoms with Crippen molar-refractivity contribution in [2.75, 3.05) is 13.1 Å². The molecule has 0 aliphatic carbocycles. The molecule has 2 unspecified atom stereocenters. The van der Waals surface area contributed by atoms with E-state index in [0.717, 1.165) is 47.4 Å². The molecule has 2 aromatic rings. The quantitative estimate of drug-likeness (QED) is 0.799. The normalized spacial score (nSPS) is 22.5. The second-order valence-corrected chi connectivity index (χ2v) is 8.15. The predicted octanol–water partition coefficient (Wildman–Crippen LogP) is 3.56. The van der Waals surface area contributed by atoms with E-state index in [1.165, 1.54) is 0 Å². The Labute approximate surface area is 163 Å². The average Bonchev–Trinajstić information content (AvgIpc) is 2.63. The van der Waals surface area contributed by atoms with Gasteiger partial charge in [-0.05, 0) is 55.2 Å². The first-order chi connectivity index (χ1) is 12.5. The molecule has 0 saturated carbocycles. The van der Waals surface area contributed by atoms with Crippen LogP contribution in [0.25, 0.3) is 0 Å². The van der Waals surface area contributed by atoms with Crippen LogP contribution in [0.2, 0.25) is 5.02 Å². The zero-order chi connectivity index (χ0) is 18.3. The molecule has 2 aliphatic heterocycles. The van der Waals surface area contributed by atoms with Crippen molar-refractivity contribution in [1.29, 1.82) is 0 Å². The number of fused-ring (bicyclic) bond motifs is 4. The van der Waals surface area contributed by atoms with Gasteiger partial charge in [0.1, 0.15) is 0 Å². The maximum Gasteiger partial charge on any atom is 0.250 e. The van der Waals surface area contributed by atoms with Crippen molar-refractivity contribution in [2.45, 2.75) is 31.8 Å². The molecule has 4 rings (SSSR count). The van der Waals surface area contributed by atoms with Crippen LogP contribution in [0.1, 0.15) is 36.6 Å². The summed E-state index contributed by atoms with van der Waals surface area (Å²) in [5, 5.41) is 4.98. The molecule has 1 fully saturated rings. The van der Waals surface area contributed by atoms with Crippen molar-refractivity contribution in [1.82, 2.24) is 14.8 Å². The average molecular weight is 388 g/mol. The van der Waals surface area contributed by atoms with Gasteiger partial charge in [-0.15, -0.1) is 0 Å². The topological polar surface area (TPSA) is 37.3 Å². The summed E-state index contributed by atoms with van der Waals surface area (Å²) in [6, 6.07) is 13.6. The summed E-state index contributed by atoms with van der Waals surface area (Å²) < 4.78 is 1.95. The number of pyridine rings is 1. The minimum absolute atomic E-state index is 0.114. The second-order valence-electron chi connectivity index (χ2n) is 7.33. The molecule has 1 aromatic carbocycles. The molecule has 1 aromatic heterocycles. The van der Waals surface area contributed by atoms with Gasteiger partial charge in [-0.1, -0.05) is 29.8 Å². The number of likely N-dealkylation sites (tertiary alicyclic amines) is 1. The van der Waals surface area contributed by atoms with E-state index in [1.54, 1.807) is 6.07 Å². The number of thiocarbonyl (C=S) groups is 1. The minimum Gasteiger partial charge on any atom is -0.356 e. The van der Waals surface area contributed by atoms with Gasteiger partial charge in [0.2, 0.25) is 0 Å². The summed E-state index contributed by atoms with van der Waals surface area (Å²) in [6.07, 6.45) is 1.13. The van der Waals surface area contributed by atoms with Crippen LogP contribution in [0.4, 0.5) is 0 Å². The highest BCUT2D eigenvalue weighted by molar-refractivity contribution is 7.80. The Morgan fingerprint density at radius 2 is 1.96 bits per heavy atom. The summed E-state index contributed by atoms with van der Waals surface area (Å²) in [5.41, 5.74) is 2.42. The zero-order valence-corrected chi connectivity index (χ0v) is 16.3. The highest BCUT2D eigenvalue weighted by atomic mass is 35.5. The fourth-order valence-electron chi connectivity index (χ4n) is 4.17. The van der Waals surface area contributed by atoms with Gasteiger partial charge in [-0.2, -0.15) is 0 Å². The van der Waals surface area contributed by atoms with Gasteiger partial charge in [0.15, 0.2) is 5.11 Å². The molecular formula is C20H22ClN3OS. The van der Waals surface area contributed by atoms with E-state index in [2.05, 4.69) is 23.2 Å². The summed E-state index contributed by atoms with van der Waals surface area (Å²) in [6.45, 7) is 4.65. The Morgan fingerprint density at radius 3 is 2.73 bits per heavy atom. The maximum atomic E-state index is 12.1. The number of hydrogen-bond donors (Lipinski definition) is 1. The van der Waals surface area contributed by atoms with Gasteiger partial charge in [-0.25, -0.2) is 0 Å². The standard InChI is InChI=1S/C20H22ClN3OS/c1-13(15-5-7-17(21)8-6-15)22-20(26)23-10-14-9-16(12-23)18-3-2-4-19(25)24(18)11-14/h2-8,13-14,16H,9-12H2,1H3,(H,22,26)/t13?,14-,16?/m0/s1. The Bertz CT molecular complexity index is 879. The Kier molecular flexibility index (Phi) is 4.76. The molecule has 0 amide bonds. The van der Waals surface area contributed by atoms with E-state index < -0.39 is 0 Å². The molecule has 2 aliphatic rings. The van der Waals surface area contributed by atoms with E-state index >= 15 is 0 Å². The molecule has 4 nitrogen and oxygen atoms in total. The summed E-state index contributed by atoms with van der Waals surface area (Å²) in [5.74, 6) is 0.828. The molecule has 0 radical (unpaired) electrons. The third kappa shape index (κ3) is 3.38. The van der Waals surface area contributed by atoms with E-state index in [1.807, 2.05) is 34.9 Å². The van der Waals surface area contributed by atoms with Crippen molar-refractivity contribution in [2.24, 2.45) is 5.92 Å². The van der Waals surface area contributed by atoms with Crippen molar-refractivity contribution in [3.8, 4) is 0 Å². The summed E-state index contributed by atoms with van der Waals surface area (Å²) in [7, 11) is 0. The molecule has 0 spiro atoms. The SMILES string of the molecule is CC(NC(=S)N1CC2C[C@@H](C1)Cn1c2cccc1=O)c1ccc(Cl)cc1. The lowest BCUT2D eigenvalue weighted by Gasteiger charge is -2.44. The van der Waals surface area contributed by atoms with Crippen LogP contribution in [0.3, 0.4) is 0 Å². The lowest BCUT2D eigenvalue weighted by molar-refractivity contribution is 0.176. The fourth-order valence-corrected chi connectivity index (χ4v) is 4.63. The van der Waals surface area contributed by atoms with Crippen LogP contribution >= 0.6 is 23.8 Å². The molecular weight excluding hydrogens is 366 g/mol. The van der Waals surface area contributed by atoms with Crippen LogP contribution in [-0.2, 0) is 6.54 Å². The second kappa shape index (κ2) is 7.05. The Hall–Kier alpha value is -1.85. The molecule has 2 bridgehead atoms. The van der Waals surface area contributed by atoms with Crippen molar-refractivity contribution < 1.29 is 0 Å². The maximum absolute atomic E-state index is 12.1. The summed E-state index contributed by atoms with van der Waals surface area (Å²) >= 11 is 11.7. The van der Waals surface area contributed by atoms with Crippen LogP contribution in [0, 0.1) is 5.92 Å². The molecule has 3 atom stereocenters. The van der Waals surface area contributed by atoms with Gasteiger partial charge in [0.25, 0.3) is 5.56 Å². The minimum atomic E-state index is 0.114. The predicted molar refractivity (Wildman–Crippen MR) is 109 cm³/mol. The summed E-state index contributed by atoms with van der Waals surface area (Å²) in [4.78, 5) is 14.4. The van der Waals surface area contributed by atoms with E-state index in [4.69, 9.17) is 23.8 Å². The van der Waals surface area contributed by atoms with Crippen molar-refractivity contribution in [3.05, 3.63) is 69.1 Å². The Morgan fingerprint density at radius 1 is 1.19 bits per heavy atom. The monoisotopic (exact) mass is 387 g/mol. The number of hydrogen-bond acceptors (Lipinski definition) is 2. The highest BCUT2D eigenvalue weighted by Gasteiger charge is 2.35. The third-order valence-corrected chi connectivity index (χ3v) is 6.10. The number of piperidine rings is 1. The molecule has 1 saturated heterocycles. The van der Waals surface area contributed by atoms with Gasteiger partial charge >= 0.3 is 0 Å². The number of nitrogens with zero attached hydrogens (tertiary/aromatic N) is 2. The van der Waals surface area contributed by atoms with E-state index in [0.29, 0.717) is 11.8 Å². The van der Waals surface area contributed by atoms with Crippen LogP contribution in [0.15, 0.2) is 47.3 Å². The first-order valence-electron chi connectivity index (χ1n) is 9.02. The lowest BCUT2D eigenvalue weighted by Crippen LogP contribution is -2.52. The number of benzene rings is 1. The molecule has 136 valence electrons. The molecule has 26 heavy (non-hydrogen) atoms. The van der Waals surface area contributed by atoms with Gasteiger partial charge in [0, 0.05) is 42.3 Å². The van der Waals surface area contributed by atoms with Gasteiger partial charge in [0.05, 0.1) is 6.04 Å². The first-order valence-corrected chi connectivity index (χ1v) is 9.80. The number of rotatable bonds is 2. The molecule has 6 heteroatoms. The van der Waals surface area contributed by atoms with Crippen LogP contribution < -0.4 is 10.9 Å². The fraction of sp³-hybridized carbons (Fsp3) is 0.400. The largest absolute Gasteiger partial charge is 0.356 e. The molecule has 1 N–H and O–H groups in total. The molecule has 3 heterocycles. The number of nitrogens with one attached hydrogen (secondary N) is 1. The first kappa shape index (κ1) is 17.6. The van der Waals surface area contributed by atoms with Crippen LogP contribution in [0.5, 0.6) is 0 Å². The van der Waals surface area contributed by atoms with E-state index in [-0.39, 0.29) is 11.6 Å². The van der Waals surface area contributed by atoms with Crippen molar-refractivity contribution >= 4 is 28.9 Å². The smallest absolute Gasteiger partial charge is 0.250 e. The number of aromatic nitrogens is 1. The third-order valence-electron chi connectivity index (χ3n) is 5.48. The highest BCUT2D eigenvalue weighted by Crippen LogP contribution is 2.35. The van der Waals surface area contributed by atoms with Crippen molar-refractivity contribution in [3.63, 3.8) is 0 Å². The van der Waals surface area contributed by atoms with E-state index in [9.17, 15) is 4.79 Å². The van der Waals surface area contributed by atoms with Gasteiger partial charge < -0.3 is 14.8 Å². The van der Waals surface area contributed by atoms with Crippen LogP contribution in [-0.4, -0.2) is 27.7 Å². The zero-order valence-electron chi connectivity index (χ0n) is 14.7. The van der Waals surface area contributed by atoms with Gasteiger partial charge in [-0.3, -0.25) is 4.79 Å². The lowest BCUT2D eigenvalue weighted by atomic mass is 9.83.